The third kappa shape index (κ3) is 6.36. The first-order valence-electron chi connectivity index (χ1n) is 7.20. The first kappa shape index (κ1) is 15.4. The van der Waals surface area contributed by atoms with Crippen LogP contribution in [0.1, 0.15) is 46.0 Å². The van der Waals surface area contributed by atoms with E-state index in [0.717, 1.165) is 51.9 Å². The molecule has 18 heavy (non-hydrogen) atoms. The molecule has 0 saturated heterocycles. The molecule has 0 bridgehead atoms. The Morgan fingerprint density at radius 1 is 1.28 bits per heavy atom. The van der Waals surface area contributed by atoms with Crippen LogP contribution in [-0.2, 0) is 9.53 Å². The lowest BCUT2D eigenvalue weighted by Gasteiger charge is -2.27. The van der Waals surface area contributed by atoms with Crippen LogP contribution in [0.3, 0.4) is 0 Å². The monoisotopic (exact) mass is 256 g/mol. The van der Waals surface area contributed by atoms with E-state index in [1.165, 1.54) is 0 Å². The maximum Gasteiger partial charge on any atom is 0.220 e. The SMILES string of the molecule is CC(C)CCOCCNC1CCC(C(N)=O)CC1. The molecule has 1 aliphatic rings. The summed E-state index contributed by atoms with van der Waals surface area (Å²) in [5, 5.41) is 3.49. The van der Waals surface area contributed by atoms with Gasteiger partial charge in [-0.25, -0.2) is 0 Å². The Balaban J connectivity index is 1.96. The summed E-state index contributed by atoms with van der Waals surface area (Å²) in [4.78, 5) is 11.0. The molecule has 3 N–H and O–H groups in total. The van der Waals surface area contributed by atoms with E-state index in [1.807, 2.05) is 0 Å². The van der Waals surface area contributed by atoms with Crippen LogP contribution in [0.5, 0.6) is 0 Å². The van der Waals surface area contributed by atoms with Gasteiger partial charge >= 0.3 is 0 Å². The summed E-state index contributed by atoms with van der Waals surface area (Å²) in [7, 11) is 0. The number of hydrogen-bond donors (Lipinski definition) is 2. The summed E-state index contributed by atoms with van der Waals surface area (Å²) in [6, 6.07) is 0.536. The van der Waals surface area contributed by atoms with E-state index in [9.17, 15) is 4.79 Å². The summed E-state index contributed by atoms with van der Waals surface area (Å²) >= 11 is 0. The highest BCUT2D eigenvalue weighted by Crippen LogP contribution is 2.23. The lowest BCUT2D eigenvalue weighted by Crippen LogP contribution is -2.38. The minimum absolute atomic E-state index is 0.102. The van der Waals surface area contributed by atoms with Gasteiger partial charge in [0.2, 0.25) is 5.91 Å². The molecule has 1 fully saturated rings. The Morgan fingerprint density at radius 3 is 2.50 bits per heavy atom. The summed E-state index contributed by atoms with van der Waals surface area (Å²) < 4.78 is 5.56. The van der Waals surface area contributed by atoms with Gasteiger partial charge < -0.3 is 15.8 Å². The van der Waals surface area contributed by atoms with Crippen molar-refractivity contribution in [1.29, 1.82) is 0 Å². The molecule has 106 valence electrons. The van der Waals surface area contributed by atoms with Gasteiger partial charge in [0, 0.05) is 25.1 Å². The Bertz CT molecular complexity index is 236. The van der Waals surface area contributed by atoms with Crippen molar-refractivity contribution in [3.05, 3.63) is 0 Å². The van der Waals surface area contributed by atoms with Crippen molar-refractivity contribution >= 4 is 5.91 Å². The standard InChI is InChI=1S/C14H28N2O2/c1-11(2)7-9-18-10-8-16-13-5-3-12(4-6-13)14(15)17/h11-13,16H,3-10H2,1-2H3,(H2,15,17). The van der Waals surface area contributed by atoms with E-state index in [2.05, 4.69) is 19.2 Å². The molecule has 0 spiro atoms. The zero-order valence-electron chi connectivity index (χ0n) is 11.8. The van der Waals surface area contributed by atoms with E-state index in [-0.39, 0.29) is 11.8 Å². The van der Waals surface area contributed by atoms with Gasteiger partial charge in [0.1, 0.15) is 0 Å². The number of primary amides is 1. The normalized spacial score (nSPS) is 24.4. The molecule has 0 aliphatic heterocycles. The first-order valence-corrected chi connectivity index (χ1v) is 7.20. The van der Waals surface area contributed by atoms with Crippen molar-refractivity contribution in [2.75, 3.05) is 19.8 Å². The molecule has 0 radical (unpaired) electrons. The average molecular weight is 256 g/mol. The molecular weight excluding hydrogens is 228 g/mol. The van der Waals surface area contributed by atoms with Crippen molar-refractivity contribution in [3.8, 4) is 0 Å². The van der Waals surface area contributed by atoms with Crippen LogP contribution in [-0.4, -0.2) is 31.7 Å². The number of ether oxygens (including phenoxy) is 1. The molecule has 0 aromatic rings. The molecule has 1 rings (SSSR count). The number of carbonyl (C=O) groups excluding carboxylic acids is 1. The highest BCUT2D eigenvalue weighted by Gasteiger charge is 2.23. The minimum atomic E-state index is -0.134. The Morgan fingerprint density at radius 2 is 1.94 bits per heavy atom. The van der Waals surface area contributed by atoms with Crippen molar-refractivity contribution in [2.24, 2.45) is 17.6 Å². The molecule has 0 atom stereocenters. The van der Waals surface area contributed by atoms with Gasteiger partial charge in [-0.3, -0.25) is 4.79 Å². The lowest BCUT2D eigenvalue weighted by molar-refractivity contribution is -0.122. The fourth-order valence-electron chi connectivity index (χ4n) is 2.34. The molecule has 1 saturated carbocycles. The number of nitrogens with two attached hydrogens (primary N) is 1. The van der Waals surface area contributed by atoms with Crippen LogP contribution >= 0.6 is 0 Å². The van der Waals surface area contributed by atoms with Crippen LogP contribution in [0.4, 0.5) is 0 Å². The molecular formula is C14H28N2O2. The second kappa shape index (κ2) is 8.48. The zero-order chi connectivity index (χ0) is 13.4. The summed E-state index contributed by atoms with van der Waals surface area (Å²) in [5.74, 6) is 0.679. The average Bonchev–Trinajstić information content (AvgIpc) is 2.34. The van der Waals surface area contributed by atoms with Crippen molar-refractivity contribution in [1.82, 2.24) is 5.32 Å². The van der Waals surface area contributed by atoms with Gasteiger partial charge in [0.05, 0.1) is 6.61 Å². The Hall–Kier alpha value is -0.610. The third-order valence-electron chi connectivity index (χ3n) is 3.65. The maximum atomic E-state index is 11.0. The highest BCUT2D eigenvalue weighted by molar-refractivity contribution is 5.76. The van der Waals surface area contributed by atoms with Crippen molar-refractivity contribution < 1.29 is 9.53 Å². The molecule has 4 nitrogen and oxygen atoms in total. The molecule has 1 amide bonds. The van der Waals surface area contributed by atoms with Crippen molar-refractivity contribution in [2.45, 2.75) is 52.0 Å². The summed E-state index contributed by atoms with van der Waals surface area (Å²) in [6.07, 6.45) is 5.10. The van der Waals surface area contributed by atoms with Gasteiger partial charge in [-0.1, -0.05) is 13.8 Å². The van der Waals surface area contributed by atoms with Crippen LogP contribution in [0.2, 0.25) is 0 Å². The summed E-state index contributed by atoms with van der Waals surface area (Å²) in [6.45, 7) is 6.96. The van der Waals surface area contributed by atoms with Crippen LogP contribution in [0.15, 0.2) is 0 Å². The fourth-order valence-corrected chi connectivity index (χ4v) is 2.34. The predicted octanol–water partition coefficient (Wildman–Crippen LogP) is 1.68. The number of nitrogens with one attached hydrogen (secondary N) is 1. The summed E-state index contributed by atoms with van der Waals surface area (Å²) in [5.41, 5.74) is 5.31. The quantitative estimate of drug-likeness (QED) is 0.649. The molecule has 4 heteroatoms. The Kier molecular flexibility index (Phi) is 7.28. The van der Waals surface area contributed by atoms with Crippen molar-refractivity contribution in [3.63, 3.8) is 0 Å². The highest BCUT2D eigenvalue weighted by atomic mass is 16.5. The number of amides is 1. The Labute approximate surface area is 111 Å². The van der Waals surface area contributed by atoms with Gasteiger partial charge in [-0.05, 0) is 38.0 Å². The lowest BCUT2D eigenvalue weighted by atomic mass is 9.85. The fraction of sp³-hybridized carbons (Fsp3) is 0.929. The van der Waals surface area contributed by atoms with Gasteiger partial charge in [0.15, 0.2) is 0 Å². The van der Waals surface area contributed by atoms with E-state index in [4.69, 9.17) is 10.5 Å². The second-order valence-corrected chi connectivity index (χ2v) is 5.70. The number of hydrogen-bond acceptors (Lipinski definition) is 3. The second-order valence-electron chi connectivity index (χ2n) is 5.70. The third-order valence-corrected chi connectivity index (χ3v) is 3.65. The molecule has 0 aromatic heterocycles. The van der Waals surface area contributed by atoms with Gasteiger partial charge in [-0.2, -0.15) is 0 Å². The van der Waals surface area contributed by atoms with E-state index < -0.39 is 0 Å². The van der Waals surface area contributed by atoms with E-state index in [0.29, 0.717) is 12.0 Å². The molecule has 0 heterocycles. The predicted molar refractivity (Wildman–Crippen MR) is 73.2 cm³/mol. The molecule has 0 aromatic carbocycles. The molecule has 0 unspecified atom stereocenters. The van der Waals surface area contributed by atoms with Gasteiger partial charge in [0.25, 0.3) is 0 Å². The van der Waals surface area contributed by atoms with Crippen LogP contribution < -0.4 is 11.1 Å². The largest absolute Gasteiger partial charge is 0.380 e. The van der Waals surface area contributed by atoms with E-state index >= 15 is 0 Å². The maximum absolute atomic E-state index is 11.0. The minimum Gasteiger partial charge on any atom is -0.380 e. The topological polar surface area (TPSA) is 64.3 Å². The van der Waals surface area contributed by atoms with Crippen LogP contribution in [0.25, 0.3) is 0 Å². The molecule has 1 aliphatic carbocycles. The van der Waals surface area contributed by atoms with E-state index in [1.54, 1.807) is 0 Å². The number of rotatable bonds is 8. The number of carbonyl (C=O) groups is 1. The smallest absolute Gasteiger partial charge is 0.220 e. The van der Waals surface area contributed by atoms with Gasteiger partial charge in [-0.15, -0.1) is 0 Å². The zero-order valence-corrected chi connectivity index (χ0v) is 11.8. The van der Waals surface area contributed by atoms with Crippen LogP contribution in [0, 0.1) is 11.8 Å². The first-order chi connectivity index (χ1) is 8.59.